The predicted molar refractivity (Wildman–Crippen MR) is 74.1 cm³/mol. The fourth-order valence-corrected chi connectivity index (χ4v) is 1.69. The zero-order valence-corrected chi connectivity index (χ0v) is 11.0. The molecule has 4 nitrogen and oxygen atoms in total. The second-order valence-corrected chi connectivity index (χ2v) is 3.99. The summed E-state index contributed by atoms with van der Waals surface area (Å²) in [6.07, 6.45) is 2.87. The molecule has 0 spiro atoms. The number of rotatable bonds is 5. The van der Waals surface area contributed by atoms with Gasteiger partial charge in [0.1, 0.15) is 11.3 Å². The minimum absolute atomic E-state index is 0.0481. The average molecular weight is 270 g/mol. The molecule has 2 aromatic rings. The molecule has 1 heterocycles. The molecule has 0 atom stereocenters. The third-order valence-corrected chi connectivity index (χ3v) is 2.61. The number of hydrogen-bond acceptors (Lipinski definition) is 4. The topological polar surface area (TPSA) is 56.5 Å². The predicted octanol–water partition coefficient (Wildman–Crippen LogP) is 3.11. The molecule has 0 radical (unpaired) electrons. The number of esters is 1. The summed E-state index contributed by atoms with van der Waals surface area (Å²) in [5.74, 6) is -0.615. The van der Waals surface area contributed by atoms with Gasteiger partial charge in [0.25, 0.3) is 0 Å². The van der Waals surface area contributed by atoms with Crippen LogP contribution in [0.1, 0.15) is 23.0 Å². The Morgan fingerprint density at radius 3 is 2.50 bits per heavy atom. The van der Waals surface area contributed by atoms with Crippen LogP contribution in [0.4, 0.5) is 0 Å². The summed E-state index contributed by atoms with van der Waals surface area (Å²) in [6, 6.07) is 11.9. The zero-order chi connectivity index (χ0) is 14.4. The molecule has 0 unspecified atom stereocenters. The third-order valence-electron chi connectivity index (χ3n) is 2.61. The average Bonchev–Trinajstić information content (AvgIpc) is 2.98. The second kappa shape index (κ2) is 6.52. The van der Waals surface area contributed by atoms with E-state index in [-0.39, 0.29) is 18.0 Å². The summed E-state index contributed by atoms with van der Waals surface area (Å²) in [6.45, 7) is 1.89. The minimum atomic E-state index is -0.655. The Labute approximate surface area is 116 Å². The summed E-state index contributed by atoms with van der Waals surface area (Å²) in [7, 11) is 0. The fraction of sp³-hybridized carbons (Fsp3) is 0.125. The largest absolute Gasteiger partial charge is 0.465 e. The van der Waals surface area contributed by atoms with Crippen molar-refractivity contribution in [2.24, 2.45) is 0 Å². The number of ketones is 1. The summed E-state index contributed by atoms with van der Waals surface area (Å²) in [4.78, 5) is 24.3. The van der Waals surface area contributed by atoms with E-state index in [4.69, 9.17) is 9.15 Å². The molecule has 102 valence electrons. The van der Waals surface area contributed by atoms with Crippen molar-refractivity contribution in [1.82, 2.24) is 0 Å². The van der Waals surface area contributed by atoms with Crippen LogP contribution in [-0.2, 0) is 9.53 Å². The summed E-state index contributed by atoms with van der Waals surface area (Å²) < 4.78 is 10.1. The van der Waals surface area contributed by atoms with E-state index in [1.54, 1.807) is 49.4 Å². The van der Waals surface area contributed by atoms with Crippen LogP contribution in [0.15, 0.2) is 58.7 Å². The Bertz CT molecular complexity index is 609. The van der Waals surface area contributed by atoms with Crippen LogP contribution >= 0.6 is 0 Å². The Hall–Kier alpha value is -2.62. The van der Waals surface area contributed by atoms with Crippen molar-refractivity contribution in [2.75, 3.05) is 6.61 Å². The van der Waals surface area contributed by atoms with Gasteiger partial charge in [-0.1, -0.05) is 30.3 Å². The molecule has 0 saturated heterocycles. The molecule has 1 aromatic heterocycles. The third kappa shape index (κ3) is 3.23. The van der Waals surface area contributed by atoms with Gasteiger partial charge >= 0.3 is 5.97 Å². The standard InChI is InChI=1S/C16H14O4/c1-2-19-16(18)14(11-13-9-6-10-20-13)15(17)12-7-4-3-5-8-12/h3-11H,2H2,1H3/b14-11+. The molecule has 4 heteroatoms. The van der Waals surface area contributed by atoms with E-state index in [0.717, 1.165) is 0 Å². The quantitative estimate of drug-likeness (QED) is 0.275. The van der Waals surface area contributed by atoms with E-state index < -0.39 is 5.97 Å². The first-order chi connectivity index (χ1) is 9.72. The molecular formula is C16H14O4. The molecule has 2 rings (SSSR count). The van der Waals surface area contributed by atoms with Crippen molar-refractivity contribution >= 4 is 17.8 Å². The zero-order valence-electron chi connectivity index (χ0n) is 11.0. The normalized spacial score (nSPS) is 11.2. The van der Waals surface area contributed by atoms with Gasteiger partial charge < -0.3 is 9.15 Å². The molecule has 0 saturated carbocycles. The number of carbonyl (C=O) groups excluding carboxylic acids is 2. The van der Waals surface area contributed by atoms with E-state index in [2.05, 4.69) is 0 Å². The maximum atomic E-state index is 12.4. The van der Waals surface area contributed by atoms with Crippen molar-refractivity contribution in [3.05, 3.63) is 65.6 Å². The van der Waals surface area contributed by atoms with Gasteiger partial charge in [-0.3, -0.25) is 4.79 Å². The van der Waals surface area contributed by atoms with Gasteiger partial charge in [-0.15, -0.1) is 0 Å². The molecule has 0 aliphatic heterocycles. The van der Waals surface area contributed by atoms with Crippen molar-refractivity contribution in [2.45, 2.75) is 6.92 Å². The smallest absolute Gasteiger partial charge is 0.342 e. The molecule has 1 aromatic carbocycles. The first-order valence-electron chi connectivity index (χ1n) is 6.24. The van der Waals surface area contributed by atoms with Gasteiger partial charge in [-0.25, -0.2) is 4.79 Å². The highest BCUT2D eigenvalue weighted by Gasteiger charge is 2.21. The number of Topliss-reactive ketones (excluding diaryl/α,β-unsaturated/α-hetero) is 1. The number of carbonyl (C=O) groups is 2. The monoisotopic (exact) mass is 270 g/mol. The van der Waals surface area contributed by atoms with Crippen molar-refractivity contribution < 1.29 is 18.7 Å². The van der Waals surface area contributed by atoms with E-state index in [1.165, 1.54) is 12.3 Å². The molecular weight excluding hydrogens is 256 g/mol. The Kier molecular flexibility index (Phi) is 4.50. The van der Waals surface area contributed by atoms with E-state index in [0.29, 0.717) is 11.3 Å². The first-order valence-corrected chi connectivity index (χ1v) is 6.24. The molecule has 20 heavy (non-hydrogen) atoms. The molecule has 0 fully saturated rings. The van der Waals surface area contributed by atoms with Crippen molar-refractivity contribution in [3.8, 4) is 0 Å². The van der Waals surface area contributed by atoms with Crippen LogP contribution < -0.4 is 0 Å². The van der Waals surface area contributed by atoms with Crippen molar-refractivity contribution in [1.29, 1.82) is 0 Å². The van der Waals surface area contributed by atoms with Crippen LogP contribution in [-0.4, -0.2) is 18.4 Å². The van der Waals surface area contributed by atoms with Gasteiger partial charge in [0, 0.05) is 5.56 Å². The molecule has 0 N–H and O–H groups in total. The maximum absolute atomic E-state index is 12.4. The summed E-state index contributed by atoms with van der Waals surface area (Å²) in [5, 5.41) is 0. The van der Waals surface area contributed by atoms with Gasteiger partial charge in [-0.2, -0.15) is 0 Å². The fourth-order valence-electron chi connectivity index (χ4n) is 1.69. The van der Waals surface area contributed by atoms with E-state index in [9.17, 15) is 9.59 Å². The lowest BCUT2D eigenvalue weighted by molar-refractivity contribution is -0.137. The van der Waals surface area contributed by atoms with Gasteiger partial charge in [0.2, 0.25) is 0 Å². The minimum Gasteiger partial charge on any atom is -0.465 e. The van der Waals surface area contributed by atoms with Crippen molar-refractivity contribution in [3.63, 3.8) is 0 Å². The Morgan fingerprint density at radius 2 is 1.90 bits per heavy atom. The highest BCUT2D eigenvalue weighted by molar-refractivity contribution is 6.26. The van der Waals surface area contributed by atoms with Crippen LogP contribution in [0.2, 0.25) is 0 Å². The van der Waals surface area contributed by atoms with Gasteiger partial charge in [-0.05, 0) is 25.1 Å². The molecule has 0 aliphatic carbocycles. The van der Waals surface area contributed by atoms with E-state index >= 15 is 0 Å². The first kappa shape index (κ1) is 13.8. The number of benzene rings is 1. The molecule has 0 amide bonds. The Balaban J connectivity index is 2.37. The summed E-state index contributed by atoms with van der Waals surface area (Å²) in [5.41, 5.74) is 0.381. The Morgan fingerprint density at radius 1 is 1.15 bits per heavy atom. The number of furan rings is 1. The lowest BCUT2D eigenvalue weighted by Gasteiger charge is -2.05. The lowest BCUT2D eigenvalue weighted by atomic mass is 10.0. The van der Waals surface area contributed by atoms with Crippen LogP contribution in [0, 0.1) is 0 Å². The highest BCUT2D eigenvalue weighted by atomic mass is 16.5. The van der Waals surface area contributed by atoms with Crippen LogP contribution in [0.5, 0.6) is 0 Å². The highest BCUT2D eigenvalue weighted by Crippen LogP contribution is 2.15. The second-order valence-electron chi connectivity index (χ2n) is 3.99. The SMILES string of the molecule is CCOC(=O)/C(=C/c1ccco1)C(=O)c1ccccc1. The van der Waals surface area contributed by atoms with E-state index in [1.807, 2.05) is 0 Å². The van der Waals surface area contributed by atoms with Crippen LogP contribution in [0.3, 0.4) is 0 Å². The molecule has 0 aliphatic rings. The van der Waals surface area contributed by atoms with Crippen LogP contribution in [0.25, 0.3) is 6.08 Å². The maximum Gasteiger partial charge on any atom is 0.342 e. The summed E-state index contributed by atoms with van der Waals surface area (Å²) >= 11 is 0. The van der Waals surface area contributed by atoms with Gasteiger partial charge in [0.15, 0.2) is 5.78 Å². The number of hydrogen-bond donors (Lipinski definition) is 0. The number of ether oxygens (including phenoxy) is 1. The molecule has 0 bridgehead atoms. The lowest BCUT2D eigenvalue weighted by Crippen LogP contribution is -2.16. The van der Waals surface area contributed by atoms with Gasteiger partial charge in [0.05, 0.1) is 12.9 Å².